The number of thiophene rings is 1. The van der Waals surface area contributed by atoms with E-state index in [9.17, 15) is 0 Å². The van der Waals surface area contributed by atoms with Crippen molar-refractivity contribution in [1.82, 2.24) is 0 Å². The van der Waals surface area contributed by atoms with E-state index in [4.69, 9.17) is 5.73 Å². The minimum absolute atomic E-state index is 0.371. The minimum Gasteiger partial charge on any atom is -0.330 e. The SMILES string of the molecule is CC(C)C1CCC(CN)(Cc2ccc(Br)s2)CC1. The van der Waals surface area contributed by atoms with E-state index in [1.807, 2.05) is 11.3 Å². The van der Waals surface area contributed by atoms with Crippen molar-refractivity contribution >= 4 is 27.3 Å². The summed E-state index contributed by atoms with van der Waals surface area (Å²) in [6.45, 7) is 5.56. The van der Waals surface area contributed by atoms with Crippen molar-refractivity contribution in [2.24, 2.45) is 23.0 Å². The van der Waals surface area contributed by atoms with Crippen molar-refractivity contribution in [2.75, 3.05) is 6.54 Å². The van der Waals surface area contributed by atoms with Crippen LogP contribution in [0.5, 0.6) is 0 Å². The van der Waals surface area contributed by atoms with Gasteiger partial charge in [-0.3, -0.25) is 0 Å². The van der Waals surface area contributed by atoms with E-state index in [1.165, 1.54) is 40.8 Å². The maximum Gasteiger partial charge on any atom is 0.0701 e. The Morgan fingerprint density at radius 2 is 2.06 bits per heavy atom. The lowest BCUT2D eigenvalue weighted by Gasteiger charge is -2.40. The van der Waals surface area contributed by atoms with E-state index < -0.39 is 0 Å². The fourth-order valence-electron chi connectivity index (χ4n) is 3.19. The van der Waals surface area contributed by atoms with Crippen LogP contribution in [0.15, 0.2) is 15.9 Å². The summed E-state index contributed by atoms with van der Waals surface area (Å²) in [4.78, 5) is 1.48. The fourth-order valence-corrected chi connectivity index (χ4v) is 4.85. The van der Waals surface area contributed by atoms with Crippen LogP contribution in [0, 0.1) is 17.3 Å². The second-order valence-electron chi connectivity index (χ2n) is 6.17. The van der Waals surface area contributed by atoms with Crippen LogP contribution in [-0.2, 0) is 6.42 Å². The van der Waals surface area contributed by atoms with E-state index in [0.29, 0.717) is 5.41 Å². The number of rotatable bonds is 4. The highest BCUT2D eigenvalue weighted by molar-refractivity contribution is 9.11. The van der Waals surface area contributed by atoms with Gasteiger partial charge in [-0.05, 0) is 84.0 Å². The van der Waals surface area contributed by atoms with Crippen molar-refractivity contribution in [3.8, 4) is 0 Å². The third-order valence-corrected chi connectivity index (χ3v) is 6.27. The van der Waals surface area contributed by atoms with Crippen molar-refractivity contribution in [3.63, 3.8) is 0 Å². The van der Waals surface area contributed by atoms with E-state index in [1.54, 1.807) is 0 Å². The Labute approximate surface area is 123 Å². The molecular weight excluding hydrogens is 306 g/mol. The highest BCUT2D eigenvalue weighted by Gasteiger charge is 2.35. The van der Waals surface area contributed by atoms with Gasteiger partial charge in [0.2, 0.25) is 0 Å². The molecule has 1 aliphatic rings. The molecule has 0 spiro atoms. The Morgan fingerprint density at radius 3 is 2.50 bits per heavy atom. The Balaban J connectivity index is 2.00. The van der Waals surface area contributed by atoms with Crippen LogP contribution in [0.1, 0.15) is 44.4 Å². The Kier molecular flexibility index (Phi) is 4.90. The summed E-state index contributed by atoms with van der Waals surface area (Å²) < 4.78 is 1.24. The first-order valence-corrected chi connectivity index (χ1v) is 8.60. The molecule has 0 saturated heterocycles. The lowest BCUT2D eigenvalue weighted by molar-refractivity contribution is 0.133. The third-order valence-electron chi connectivity index (χ3n) is 4.64. The van der Waals surface area contributed by atoms with Crippen LogP contribution in [0.4, 0.5) is 0 Å². The Hall–Kier alpha value is 0.140. The summed E-state index contributed by atoms with van der Waals surface area (Å²) in [5, 5.41) is 0. The molecule has 0 radical (unpaired) electrons. The van der Waals surface area contributed by atoms with Gasteiger partial charge in [0.25, 0.3) is 0 Å². The average Bonchev–Trinajstić information content (AvgIpc) is 2.75. The zero-order valence-corrected chi connectivity index (χ0v) is 13.8. The highest BCUT2D eigenvalue weighted by atomic mass is 79.9. The van der Waals surface area contributed by atoms with Gasteiger partial charge in [0.1, 0.15) is 0 Å². The smallest absolute Gasteiger partial charge is 0.0701 e. The largest absolute Gasteiger partial charge is 0.330 e. The molecule has 1 nitrogen and oxygen atoms in total. The fraction of sp³-hybridized carbons (Fsp3) is 0.733. The number of halogens is 1. The standard InChI is InChI=1S/C15H24BrNS/c1-11(2)12-5-7-15(10-17,8-6-12)9-13-3-4-14(16)18-13/h3-4,11-12H,5-10,17H2,1-2H3. The van der Waals surface area contributed by atoms with Crippen molar-refractivity contribution in [3.05, 3.63) is 20.8 Å². The number of hydrogen-bond acceptors (Lipinski definition) is 2. The molecule has 1 aromatic rings. The van der Waals surface area contributed by atoms with Crippen LogP contribution in [0.2, 0.25) is 0 Å². The molecule has 1 heterocycles. The molecule has 3 heteroatoms. The summed E-state index contributed by atoms with van der Waals surface area (Å²) >= 11 is 5.42. The molecule has 0 aromatic carbocycles. The molecule has 0 bridgehead atoms. The van der Waals surface area contributed by atoms with Crippen LogP contribution in [0.25, 0.3) is 0 Å². The molecule has 18 heavy (non-hydrogen) atoms. The zero-order chi connectivity index (χ0) is 13.2. The molecule has 0 amide bonds. The predicted octanol–water partition coefficient (Wildman–Crippen LogP) is 4.84. The van der Waals surface area contributed by atoms with E-state index in [0.717, 1.165) is 18.4 Å². The molecule has 1 fully saturated rings. The molecule has 1 saturated carbocycles. The maximum atomic E-state index is 6.11. The highest BCUT2D eigenvalue weighted by Crippen LogP contribution is 2.44. The first kappa shape index (κ1) is 14.5. The van der Waals surface area contributed by atoms with Crippen molar-refractivity contribution in [1.29, 1.82) is 0 Å². The summed E-state index contributed by atoms with van der Waals surface area (Å²) in [6.07, 6.45) is 6.51. The summed E-state index contributed by atoms with van der Waals surface area (Å²) in [5.41, 5.74) is 6.48. The molecule has 0 aliphatic heterocycles. The van der Waals surface area contributed by atoms with Gasteiger partial charge in [-0.15, -0.1) is 11.3 Å². The topological polar surface area (TPSA) is 26.0 Å². The van der Waals surface area contributed by atoms with Crippen molar-refractivity contribution < 1.29 is 0 Å². The van der Waals surface area contributed by atoms with E-state index in [2.05, 4.69) is 41.9 Å². The van der Waals surface area contributed by atoms with Gasteiger partial charge in [-0.25, -0.2) is 0 Å². The third kappa shape index (κ3) is 3.37. The quantitative estimate of drug-likeness (QED) is 0.839. The van der Waals surface area contributed by atoms with Crippen molar-refractivity contribution in [2.45, 2.75) is 46.0 Å². The zero-order valence-electron chi connectivity index (χ0n) is 11.4. The average molecular weight is 330 g/mol. The summed E-state index contributed by atoms with van der Waals surface area (Å²) in [5.74, 6) is 1.75. The van der Waals surface area contributed by atoms with Gasteiger partial charge in [0.05, 0.1) is 3.79 Å². The molecular formula is C15H24BrNS. The number of nitrogens with two attached hydrogens (primary N) is 1. The van der Waals surface area contributed by atoms with Gasteiger partial charge in [0.15, 0.2) is 0 Å². The van der Waals surface area contributed by atoms with Gasteiger partial charge < -0.3 is 5.73 Å². The van der Waals surface area contributed by atoms with Gasteiger partial charge in [-0.2, -0.15) is 0 Å². The Morgan fingerprint density at radius 1 is 1.39 bits per heavy atom. The van der Waals surface area contributed by atoms with Crippen LogP contribution in [-0.4, -0.2) is 6.54 Å². The van der Waals surface area contributed by atoms with Gasteiger partial charge in [-0.1, -0.05) is 13.8 Å². The second kappa shape index (κ2) is 6.06. The number of hydrogen-bond donors (Lipinski definition) is 1. The van der Waals surface area contributed by atoms with Crippen LogP contribution in [0.3, 0.4) is 0 Å². The summed E-state index contributed by atoms with van der Waals surface area (Å²) in [6, 6.07) is 4.41. The maximum absolute atomic E-state index is 6.11. The van der Waals surface area contributed by atoms with Crippen LogP contribution < -0.4 is 5.73 Å². The minimum atomic E-state index is 0.371. The van der Waals surface area contributed by atoms with E-state index >= 15 is 0 Å². The first-order chi connectivity index (χ1) is 8.54. The monoisotopic (exact) mass is 329 g/mol. The first-order valence-electron chi connectivity index (χ1n) is 6.99. The molecule has 1 aromatic heterocycles. The molecule has 0 unspecified atom stereocenters. The van der Waals surface area contributed by atoms with Crippen LogP contribution >= 0.6 is 27.3 Å². The second-order valence-corrected chi connectivity index (χ2v) is 8.72. The Bertz CT molecular complexity index is 378. The van der Waals surface area contributed by atoms with E-state index in [-0.39, 0.29) is 0 Å². The molecule has 2 rings (SSSR count). The normalized spacial score (nSPS) is 28.8. The molecule has 102 valence electrons. The molecule has 1 aliphatic carbocycles. The summed E-state index contributed by atoms with van der Waals surface area (Å²) in [7, 11) is 0. The molecule has 0 atom stereocenters. The molecule has 2 N–H and O–H groups in total. The predicted molar refractivity (Wildman–Crippen MR) is 84.0 cm³/mol. The van der Waals surface area contributed by atoms with Gasteiger partial charge in [0, 0.05) is 4.88 Å². The lowest BCUT2D eigenvalue weighted by atomic mass is 9.66. The lowest BCUT2D eigenvalue weighted by Crippen LogP contribution is -2.37. The van der Waals surface area contributed by atoms with Gasteiger partial charge >= 0.3 is 0 Å².